The molecule has 0 aromatic carbocycles. The summed E-state index contributed by atoms with van der Waals surface area (Å²) in [6, 6.07) is 0. The zero-order valence-electron chi connectivity index (χ0n) is 15.4. The summed E-state index contributed by atoms with van der Waals surface area (Å²) in [5, 5.41) is 0. The number of likely N-dealkylation sites (tertiary alicyclic amines) is 1. The minimum Gasteiger partial charge on any atom is -0.469 e. The first-order valence-electron chi connectivity index (χ1n) is 8.99. The Bertz CT molecular complexity index is 429. The number of hydrogen-bond acceptors (Lipinski definition) is 5. The van der Waals surface area contributed by atoms with E-state index in [1.54, 1.807) is 4.90 Å². The Labute approximate surface area is 144 Å². The Morgan fingerprint density at radius 3 is 1.96 bits per heavy atom. The van der Waals surface area contributed by atoms with E-state index >= 15 is 0 Å². The van der Waals surface area contributed by atoms with Gasteiger partial charge in [-0.05, 0) is 59.3 Å². The van der Waals surface area contributed by atoms with Gasteiger partial charge in [0.1, 0.15) is 5.60 Å². The number of amides is 1. The fourth-order valence-corrected chi connectivity index (χ4v) is 3.37. The van der Waals surface area contributed by atoms with Gasteiger partial charge in [-0.1, -0.05) is 0 Å². The van der Waals surface area contributed by atoms with E-state index in [1.807, 2.05) is 20.8 Å². The van der Waals surface area contributed by atoms with Gasteiger partial charge in [-0.2, -0.15) is 0 Å². The summed E-state index contributed by atoms with van der Waals surface area (Å²) in [4.78, 5) is 25.4. The summed E-state index contributed by atoms with van der Waals surface area (Å²) in [5.74, 6) is -0.0667. The maximum atomic E-state index is 12.1. The lowest BCUT2D eigenvalue weighted by Gasteiger charge is -2.36. The van der Waals surface area contributed by atoms with Crippen LogP contribution in [0.1, 0.15) is 59.3 Å². The number of methoxy groups -OCH3 is 1. The highest BCUT2D eigenvalue weighted by Crippen LogP contribution is 2.29. The number of esters is 1. The normalized spacial score (nSPS) is 26.1. The number of ether oxygens (including phenoxy) is 3. The molecule has 0 N–H and O–H groups in total. The van der Waals surface area contributed by atoms with Gasteiger partial charge in [-0.3, -0.25) is 4.79 Å². The monoisotopic (exact) mass is 341 g/mol. The van der Waals surface area contributed by atoms with Gasteiger partial charge in [0.15, 0.2) is 0 Å². The quantitative estimate of drug-likeness (QED) is 0.738. The van der Waals surface area contributed by atoms with Crippen molar-refractivity contribution in [3.63, 3.8) is 0 Å². The lowest BCUT2D eigenvalue weighted by molar-refractivity contribution is -0.148. The lowest BCUT2D eigenvalue weighted by atomic mass is 9.87. The highest BCUT2D eigenvalue weighted by molar-refractivity contribution is 5.72. The van der Waals surface area contributed by atoms with Crippen molar-refractivity contribution in [1.82, 2.24) is 4.90 Å². The van der Waals surface area contributed by atoms with E-state index in [-0.39, 0.29) is 30.2 Å². The summed E-state index contributed by atoms with van der Waals surface area (Å²) in [7, 11) is 1.45. The Balaban J connectivity index is 1.69. The van der Waals surface area contributed by atoms with Crippen LogP contribution in [0, 0.1) is 5.92 Å². The minimum absolute atomic E-state index is 0.0314. The molecule has 0 radical (unpaired) electrons. The summed E-state index contributed by atoms with van der Waals surface area (Å²) in [6.45, 7) is 7.00. The average Bonchev–Trinajstić information content (AvgIpc) is 2.54. The first-order valence-corrected chi connectivity index (χ1v) is 8.99. The van der Waals surface area contributed by atoms with Crippen LogP contribution in [0.5, 0.6) is 0 Å². The molecule has 2 rings (SSSR count). The van der Waals surface area contributed by atoms with Gasteiger partial charge in [0.25, 0.3) is 0 Å². The van der Waals surface area contributed by atoms with Crippen LogP contribution < -0.4 is 0 Å². The Morgan fingerprint density at radius 1 is 0.917 bits per heavy atom. The van der Waals surface area contributed by atoms with E-state index in [1.165, 1.54) is 7.11 Å². The summed E-state index contributed by atoms with van der Waals surface area (Å²) >= 11 is 0. The summed E-state index contributed by atoms with van der Waals surface area (Å²) < 4.78 is 16.4. The molecule has 0 atom stereocenters. The number of hydrogen-bond donors (Lipinski definition) is 0. The predicted molar refractivity (Wildman–Crippen MR) is 89.7 cm³/mol. The molecular formula is C18H31NO5. The van der Waals surface area contributed by atoms with Crippen molar-refractivity contribution >= 4 is 12.1 Å². The molecule has 138 valence electrons. The molecule has 1 heterocycles. The molecule has 0 unspecified atom stereocenters. The minimum atomic E-state index is -0.456. The first-order chi connectivity index (χ1) is 11.3. The molecule has 2 aliphatic rings. The van der Waals surface area contributed by atoms with Crippen LogP contribution in [0.3, 0.4) is 0 Å². The van der Waals surface area contributed by atoms with Crippen LogP contribution in [0.25, 0.3) is 0 Å². The van der Waals surface area contributed by atoms with Crippen molar-refractivity contribution in [1.29, 1.82) is 0 Å². The van der Waals surface area contributed by atoms with E-state index in [2.05, 4.69) is 0 Å². The number of nitrogens with zero attached hydrogens (tertiary/aromatic N) is 1. The summed E-state index contributed by atoms with van der Waals surface area (Å²) in [6.07, 6.45) is 5.37. The van der Waals surface area contributed by atoms with E-state index in [4.69, 9.17) is 14.2 Å². The Hall–Kier alpha value is -1.30. The van der Waals surface area contributed by atoms with Crippen LogP contribution in [0.15, 0.2) is 0 Å². The van der Waals surface area contributed by atoms with E-state index < -0.39 is 5.60 Å². The third kappa shape index (κ3) is 5.65. The molecule has 1 amide bonds. The molecule has 24 heavy (non-hydrogen) atoms. The maximum Gasteiger partial charge on any atom is 0.410 e. The highest BCUT2D eigenvalue weighted by atomic mass is 16.6. The van der Waals surface area contributed by atoms with Gasteiger partial charge >= 0.3 is 12.1 Å². The molecule has 6 heteroatoms. The second kappa shape index (κ2) is 8.19. The zero-order chi connectivity index (χ0) is 17.7. The van der Waals surface area contributed by atoms with Crippen LogP contribution in [-0.4, -0.2) is 55.0 Å². The van der Waals surface area contributed by atoms with E-state index in [9.17, 15) is 9.59 Å². The van der Waals surface area contributed by atoms with Gasteiger partial charge in [0, 0.05) is 13.1 Å². The van der Waals surface area contributed by atoms with Gasteiger partial charge < -0.3 is 19.1 Å². The van der Waals surface area contributed by atoms with Gasteiger partial charge in [-0.15, -0.1) is 0 Å². The smallest absolute Gasteiger partial charge is 0.410 e. The third-order valence-corrected chi connectivity index (χ3v) is 4.69. The predicted octanol–water partition coefficient (Wildman–Crippen LogP) is 3.13. The number of rotatable bonds is 3. The van der Waals surface area contributed by atoms with Crippen molar-refractivity contribution in [3.8, 4) is 0 Å². The Morgan fingerprint density at radius 2 is 1.46 bits per heavy atom. The van der Waals surface area contributed by atoms with Crippen molar-refractivity contribution in [3.05, 3.63) is 0 Å². The van der Waals surface area contributed by atoms with E-state index in [0.29, 0.717) is 13.1 Å². The van der Waals surface area contributed by atoms with Gasteiger partial charge in [0.2, 0.25) is 0 Å². The highest BCUT2D eigenvalue weighted by Gasteiger charge is 2.31. The SMILES string of the molecule is COC(=O)[C@H]1CC[C@H](OC2CCN(C(=O)OC(C)(C)C)CC2)CC1. The standard InChI is InChI=1S/C18H31NO5/c1-18(2,3)24-17(21)19-11-9-15(10-12-19)23-14-7-5-13(6-8-14)16(20)22-4/h13-15H,5-12H2,1-4H3/t13-,14-. The van der Waals surface area contributed by atoms with Crippen molar-refractivity contribution in [2.75, 3.05) is 20.2 Å². The lowest BCUT2D eigenvalue weighted by Crippen LogP contribution is -2.44. The molecule has 1 aliphatic heterocycles. The second-order valence-electron chi connectivity index (χ2n) is 7.80. The molecule has 0 spiro atoms. The van der Waals surface area contributed by atoms with Crippen molar-refractivity contribution in [2.45, 2.75) is 77.1 Å². The average molecular weight is 341 g/mol. The molecule has 2 fully saturated rings. The van der Waals surface area contributed by atoms with Crippen LogP contribution in [0.4, 0.5) is 4.79 Å². The molecule has 0 aromatic rings. The van der Waals surface area contributed by atoms with Crippen LogP contribution in [0.2, 0.25) is 0 Å². The fourth-order valence-electron chi connectivity index (χ4n) is 3.37. The van der Waals surface area contributed by atoms with Gasteiger partial charge in [0.05, 0.1) is 25.2 Å². The molecule has 0 aromatic heterocycles. The summed E-state index contributed by atoms with van der Waals surface area (Å²) in [5.41, 5.74) is -0.456. The topological polar surface area (TPSA) is 65.1 Å². The van der Waals surface area contributed by atoms with Crippen LogP contribution in [-0.2, 0) is 19.0 Å². The van der Waals surface area contributed by atoms with Crippen molar-refractivity contribution in [2.24, 2.45) is 5.92 Å². The molecule has 1 saturated carbocycles. The Kier molecular flexibility index (Phi) is 6.49. The molecule has 0 bridgehead atoms. The second-order valence-corrected chi connectivity index (χ2v) is 7.80. The number of carbonyl (C=O) groups excluding carboxylic acids is 2. The maximum absolute atomic E-state index is 12.1. The van der Waals surface area contributed by atoms with Crippen LogP contribution >= 0.6 is 0 Å². The zero-order valence-corrected chi connectivity index (χ0v) is 15.4. The first kappa shape index (κ1) is 19.0. The number of piperidine rings is 1. The molecule has 6 nitrogen and oxygen atoms in total. The fraction of sp³-hybridized carbons (Fsp3) is 0.889. The van der Waals surface area contributed by atoms with Gasteiger partial charge in [-0.25, -0.2) is 4.79 Å². The molecule has 1 aliphatic carbocycles. The van der Waals surface area contributed by atoms with Crippen molar-refractivity contribution < 1.29 is 23.8 Å². The molecule has 1 saturated heterocycles. The third-order valence-electron chi connectivity index (χ3n) is 4.69. The molecular weight excluding hydrogens is 310 g/mol. The van der Waals surface area contributed by atoms with E-state index in [0.717, 1.165) is 38.5 Å². The largest absolute Gasteiger partial charge is 0.469 e. The number of carbonyl (C=O) groups is 2.